The number of rotatable bonds is 34. The summed E-state index contributed by atoms with van der Waals surface area (Å²) in [5.74, 6) is 7.14. The monoisotopic (exact) mass is 1330 g/mol. The van der Waals surface area contributed by atoms with Crippen LogP contribution in [0.25, 0.3) is 0 Å². The molecular weight excluding hydrogens is 1220 g/mol. The van der Waals surface area contributed by atoms with Gasteiger partial charge in [-0.25, -0.2) is 48.4 Å². The fourth-order valence-electron chi connectivity index (χ4n) is 11.0. The molecule has 4 aromatic rings. The number of unbranched alkanes of at least 4 members (excludes halogenated alkanes) is 30. The van der Waals surface area contributed by atoms with Gasteiger partial charge in [-0.15, -0.1) is 0 Å². The van der Waals surface area contributed by atoms with Gasteiger partial charge in [-0.05, 0) is 49.4 Å². The van der Waals surface area contributed by atoms with Gasteiger partial charge in [0.2, 0.25) is 0 Å². The number of benzene rings is 4. The first-order valence-corrected chi connectivity index (χ1v) is 40.4. The molecule has 0 spiro atoms. The van der Waals surface area contributed by atoms with Crippen molar-refractivity contribution in [3.63, 3.8) is 0 Å². The molecule has 5 aliphatic rings. The van der Waals surface area contributed by atoms with Gasteiger partial charge in [-0.2, -0.15) is 35.3 Å². The van der Waals surface area contributed by atoms with Gasteiger partial charge in [-0.3, -0.25) is 0 Å². The molecule has 1 radical (unpaired) electrons. The van der Waals surface area contributed by atoms with Crippen LogP contribution < -0.4 is 0 Å². The van der Waals surface area contributed by atoms with E-state index in [1.807, 2.05) is 133 Å². The Balaban J connectivity index is 0.000000295. The maximum atomic E-state index is 9.63. The SMILES string of the molecule is CCCCCCCCCCCCCCCCCCSC.CCCCCCCCCCCCCCCCCCSC.CS(C)(=O)=O.CSC.[Cu].c1ccc2c(c1)C1=NC2=NC2=NC(=NC3=NC(=NC4=NC(=N1)c1ccccc14)c1ccccc13)c1ccccc12. The van der Waals surface area contributed by atoms with Crippen molar-refractivity contribution in [2.45, 2.75) is 219 Å². The maximum absolute atomic E-state index is 9.63. The molecule has 0 unspecified atom stereocenters. The number of hydrogen-bond donors (Lipinski definition) is 0. The first kappa shape index (κ1) is 77.2. The standard InChI is InChI=1S/C32H16N8.2C19H40S.C2H6O2S.C2H6S.Cu/c1-2-10-18-17(9-1)25-33-26(18)38-28-21-13-5-6-14-22(21)30(35-28)40-32-24-16-8-7-15-23(24)31(36-32)39-29-20-12-4-3-11-19(20)27(34-29)37-25;2*1-3-4-5-6-7-8-9-10-11-12-13-14-15-16-17-18-19-20-2;1-5(2,3)4;1-3-2;/h1-16H;2*3-19H2,1-2H3;1-2H3;1-2H3;. The van der Waals surface area contributed by atoms with Crippen LogP contribution in [0.15, 0.2) is 137 Å². The zero-order chi connectivity index (χ0) is 62.9. The van der Waals surface area contributed by atoms with E-state index >= 15 is 0 Å². The predicted molar refractivity (Wildman–Crippen MR) is 394 cm³/mol. The van der Waals surface area contributed by atoms with E-state index in [2.05, 4.69) is 26.4 Å². The van der Waals surface area contributed by atoms with Crippen molar-refractivity contribution in [2.75, 3.05) is 49.0 Å². The summed E-state index contributed by atoms with van der Waals surface area (Å²) in [6, 6.07) is 31.8. The topological polar surface area (TPSA) is 133 Å². The van der Waals surface area contributed by atoms with Crippen LogP contribution in [0, 0.1) is 0 Å². The van der Waals surface area contributed by atoms with Crippen LogP contribution in [-0.4, -0.2) is 104 Å². The van der Waals surface area contributed by atoms with Gasteiger partial charge in [0.15, 0.2) is 46.7 Å². The molecule has 0 amide bonds. The number of sulfone groups is 1. The molecule has 0 aliphatic carbocycles. The van der Waals surface area contributed by atoms with Gasteiger partial charge in [0, 0.05) is 74.1 Å². The molecule has 491 valence electrons. The molecule has 0 saturated heterocycles. The summed E-state index contributed by atoms with van der Waals surface area (Å²) in [7, 11) is -2.67. The summed E-state index contributed by atoms with van der Waals surface area (Å²) in [6.07, 6.45) is 57.8. The number of thioether (sulfide) groups is 3. The fraction of sp³-hybridized carbons (Fsp3) is 0.568. The largest absolute Gasteiger partial charge is 0.229 e. The van der Waals surface area contributed by atoms with Gasteiger partial charge >= 0.3 is 0 Å². The number of fused-ring (bicyclic) bond motifs is 16. The first-order chi connectivity index (χ1) is 43.0. The minimum absolute atomic E-state index is 0. The third-order valence-corrected chi connectivity index (χ3v) is 17.1. The molecule has 5 aliphatic heterocycles. The van der Waals surface area contributed by atoms with Gasteiger partial charge in [0.25, 0.3) is 0 Å². The van der Waals surface area contributed by atoms with Crippen LogP contribution in [0.1, 0.15) is 264 Å². The van der Waals surface area contributed by atoms with E-state index < -0.39 is 9.84 Å². The number of aliphatic imine (C=N–C) groups is 8. The Morgan fingerprint density at radius 3 is 0.517 bits per heavy atom. The Morgan fingerprint density at radius 2 is 0.393 bits per heavy atom. The summed E-state index contributed by atoms with van der Waals surface area (Å²) < 4.78 is 19.3. The Kier molecular flexibility index (Phi) is 40.6. The molecule has 0 N–H and O–H groups in total. The summed E-state index contributed by atoms with van der Waals surface area (Å²) in [5, 5.41) is 0. The molecule has 10 nitrogen and oxygen atoms in total. The molecule has 4 aromatic carbocycles. The number of nitrogens with zero attached hydrogens (tertiary/aromatic N) is 8. The van der Waals surface area contributed by atoms with Crippen LogP contribution in [0.2, 0.25) is 0 Å². The van der Waals surface area contributed by atoms with Crippen molar-refractivity contribution in [3.8, 4) is 0 Å². The summed E-state index contributed by atoms with van der Waals surface area (Å²) >= 11 is 5.73. The molecule has 0 fully saturated rings. The molecule has 0 atom stereocenters. The van der Waals surface area contributed by atoms with E-state index in [4.69, 9.17) is 39.9 Å². The number of hydrogen-bond acceptors (Lipinski definition) is 13. The zero-order valence-electron chi connectivity index (χ0n) is 55.6. The molecule has 0 saturated carbocycles. The van der Waals surface area contributed by atoms with Gasteiger partial charge in [0.1, 0.15) is 9.84 Å². The second-order valence-electron chi connectivity index (χ2n) is 23.8. The van der Waals surface area contributed by atoms with Crippen LogP contribution in [-0.2, 0) is 26.9 Å². The van der Waals surface area contributed by atoms with Crippen LogP contribution in [0.3, 0.4) is 0 Å². The van der Waals surface area contributed by atoms with E-state index in [9.17, 15) is 8.42 Å². The molecule has 15 heteroatoms. The third-order valence-electron chi connectivity index (χ3n) is 15.7. The van der Waals surface area contributed by atoms with Crippen molar-refractivity contribution in [1.29, 1.82) is 0 Å². The predicted octanol–water partition coefficient (Wildman–Crippen LogP) is 20.7. The Labute approximate surface area is 563 Å². The Hall–Kier alpha value is -4.24. The maximum Gasteiger partial charge on any atom is 0.164 e. The van der Waals surface area contributed by atoms with Crippen molar-refractivity contribution in [3.05, 3.63) is 142 Å². The molecule has 89 heavy (non-hydrogen) atoms. The van der Waals surface area contributed by atoms with Gasteiger partial charge in [0.05, 0.1) is 0 Å². The minimum atomic E-state index is -2.67. The molecule has 8 bridgehead atoms. The van der Waals surface area contributed by atoms with E-state index in [1.54, 1.807) is 11.8 Å². The van der Waals surface area contributed by atoms with E-state index in [0.29, 0.717) is 46.7 Å². The summed E-state index contributed by atoms with van der Waals surface area (Å²) in [4.78, 5) is 39.3. The summed E-state index contributed by atoms with van der Waals surface area (Å²) in [5.41, 5.74) is 7.15. The van der Waals surface area contributed by atoms with Crippen molar-refractivity contribution in [1.82, 2.24) is 0 Å². The quantitative estimate of drug-likeness (QED) is 0.0339. The zero-order valence-corrected chi connectivity index (χ0v) is 59.8. The first-order valence-electron chi connectivity index (χ1n) is 33.7. The molecular formula is C74H108CuN8O2S4. The van der Waals surface area contributed by atoms with Crippen LogP contribution in [0.5, 0.6) is 0 Å². The molecule has 0 aromatic heterocycles. The van der Waals surface area contributed by atoms with Crippen LogP contribution in [0.4, 0.5) is 0 Å². The Bertz CT molecular complexity index is 2660. The van der Waals surface area contributed by atoms with E-state index in [1.165, 1.54) is 217 Å². The third kappa shape index (κ3) is 29.5. The summed E-state index contributed by atoms with van der Waals surface area (Å²) in [6.45, 7) is 4.59. The van der Waals surface area contributed by atoms with Crippen molar-refractivity contribution >= 4 is 91.8 Å². The average molecular weight is 1330 g/mol. The smallest absolute Gasteiger partial charge is 0.164 e. The normalized spacial score (nSPS) is 13.6. The Morgan fingerprint density at radius 1 is 0.270 bits per heavy atom. The second-order valence-corrected chi connectivity index (χ2v) is 28.9. The van der Waals surface area contributed by atoms with Crippen LogP contribution >= 0.6 is 35.3 Å². The van der Waals surface area contributed by atoms with Gasteiger partial charge < -0.3 is 0 Å². The second kappa shape index (κ2) is 46.8. The van der Waals surface area contributed by atoms with E-state index in [-0.39, 0.29) is 17.1 Å². The van der Waals surface area contributed by atoms with Crippen molar-refractivity contribution < 1.29 is 25.5 Å². The molecule has 5 heterocycles. The molecule has 9 rings (SSSR count). The van der Waals surface area contributed by atoms with E-state index in [0.717, 1.165) is 57.0 Å². The van der Waals surface area contributed by atoms with Crippen molar-refractivity contribution in [2.24, 2.45) is 39.9 Å². The fourth-order valence-corrected chi connectivity index (χ4v) is 12.0. The number of amidine groups is 8. The minimum Gasteiger partial charge on any atom is -0.229 e. The van der Waals surface area contributed by atoms with Gasteiger partial charge in [-0.1, -0.05) is 304 Å². The average Bonchev–Trinajstić information content (AvgIpc) is 2.14.